The van der Waals surface area contributed by atoms with Gasteiger partial charge in [0.05, 0.1) is 0 Å². The van der Waals surface area contributed by atoms with E-state index >= 15 is 0 Å². The van der Waals surface area contributed by atoms with E-state index in [2.05, 4.69) is 0 Å². The Balaban J connectivity index is 0.000000461. The van der Waals surface area contributed by atoms with Gasteiger partial charge in [0.1, 0.15) is 0 Å². The van der Waals surface area contributed by atoms with Crippen molar-refractivity contribution in [3.63, 3.8) is 0 Å². The molecule has 0 atom stereocenters. The second-order valence-corrected chi connectivity index (χ2v) is 2.82. The molecule has 1 fully saturated rings. The molecule has 0 aromatic rings. The Kier molecular flexibility index (Phi) is 5.90. The molecule has 0 radical (unpaired) electrons. The standard InChI is InChI=1S/C7H13NO.C2H6/c8-7(9)5-6-3-1-2-4-6;1-2/h6H,1-5H2,(H2,8,9);1-2H3. The number of hydrogen-bond acceptors (Lipinski definition) is 1. The van der Waals surface area contributed by atoms with E-state index in [1.54, 1.807) is 0 Å². The number of rotatable bonds is 2. The predicted octanol–water partition coefficient (Wildman–Crippen LogP) is 2.08. The summed E-state index contributed by atoms with van der Waals surface area (Å²) in [7, 11) is 0. The Hall–Kier alpha value is -0.530. The highest BCUT2D eigenvalue weighted by Crippen LogP contribution is 2.26. The summed E-state index contributed by atoms with van der Waals surface area (Å²) < 4.78 is 0. The van der Waals surface area contributed by atoms with Crippen LogP contribution in [0.1, 0.15) is 46.0 Å². The summed E-state index contributed by atoms with van der Waals surface area (Å²) in [6.45, 7) is 4.00. The van der Waals surface area contributed by atoms with Gasteiger partial charge in [0.15, 0.2) is 0 Å². The van der Waals surface area contributed by atoms with Crippen LogP contribution in [-0.2, 0) is 4.79 Å². The molecule has 0 saturated heterocycles. The van der Waals surface area contributed by atoms with Crippen LogP contribution in [-0.4, -0.2) is 5.91 Å². The van der Waals surface area contributed by atoms with Crippen molar-refractivity contribution in [1.29, 1.82) is 0 Å². The molecule has 0 heterocycles. The van der Waals surface area contributed by atoms with Gasteiger partial charge in [-0.3, -0.25) is 4.79 Å². The van der Waals surface area contributed by atoms with Gasteiger partial charge in [-0.1, -0.05) is 26.7 Å². The van der Waals surface area contributed by atoms with E-state index in [1.807, 2.05) is 13.8 Å². The van der Waals surface area contributed by atoms with Crippen LogP contribution in [0.2, 0.25) is 0 Å². The summed E-state index contributed by atoms with van der Waals surface area (Å²) in [5.41, 5.74) is 5.03. The van der Waals surface area contributed by atoms with Gasteiger partial charge in [0, 0.05) is 6.42 Å². The van der Waals surface area contributed by atoms with Gasteiger partial charge in [-0.05, 0) is 18.8 Å². The maximum atomic E-state index is 10.4. The normalized spacial score (nSPS) is 17.3. The van der Waals surface area contributed by atoms with Crippen molar-refractivity contribution < 1.29 is 4.79 Å². The van der Waals surface area contributed by atoms with Crippen LogP contribution in [0.25, 0.3) is 0 Å². The molecule has 66 valence electrons. The van der Waals surface area contributed by atoms with E-state index in [4.69, 9.17) is 5.73 Å². The molecule has 1 saturated carbocycles. The first-order valence-electron chi connectivity index (χ1n) is 4.57. The smallest absolute Gasteiger partial charge is 0.217 e. The fourth-order valence-corrected chi connectivity index (χ4v) is 1.50. The maximum absolute atomic E-state index is 10.4. The highest BCUT2D eigenvalue weighted by Gasteiger charge is 2.16. The zero-order valence-electron chi connectivity index (χ0n) is 7.60. The largest absolute Gasteiger partial charge is 0.370 e. The molecule has 0 bridgehead atoms. The van der Waals surface area contributed by atoms with E-state index in [9.17, 15) is 4.79 Å². The van der Waals surface area contributed by atoms with Gasteiger partial charge >= 0.3 is 0 Å². The highest BCUT2D eigenvalue weighted by atomic mass is 16.1. The Bertz CT molecular complexity index is 106. The molecule has 0 aromatic carbocycles. The fraction of sp³-hybridized carbons (Fsp3) is 0.889. The first-order valence-corrected chi connectivity index (χ1v) is 4.57. The first-order chi connectivity index (χ1) is 5.29. The van der Waals surface area contributed by atoms with Crippen LogP contribution in [0.4, 0.5) is 0 Å². The molecule has 2 nitrogen and oxygen atoms in total. The second kappa shape index (κ2) is 6.20. The average Bonchev–Trinajstić information content (AvgIpc) is 2.43. The van der Waals surface area contributed by atoms with Gasteiger partial charge in [-0.2, -0.15) is 0 Å². The quantitative estimate of drug-likeness (QED) is 0.655. The minimum atomic E-state index is -0.137. The van der Waals surface area contributed by atoms with Crippen LogP contribution in [0.15, 0.2) is 0 Å². The molecule has 0 aromatic heterocycles. The Labute approximate surface area is 69.2 Å². The lowest BCUT2D eigenvalue weighted by molar-refractivity contribution is -0.118. The van der Waals surface area contributed by atoms with E-state index in [-0.39, 0.29) is 5.91 Å². The second-order valence-electron chi connectivity index (χ2n) is 2.82. The van der Waals surface area contributed by atoms with Crippen LogP contribution in [0.5, 0.6) is 0 Å². The Morgan fingerprint density at radius 1 is 1.36 bits per heavy atom. The summed E-state index contributed by atoms with van der Waals surface area (Å²) in [5, 5.41) is 0. The summed E-state index contributed by atoms with van der Waals surface area (Å²) in [5.74, 6) is 0.476. The van der Waals surface area contributed by atoms with Gasteiger partial charge in [-0.15, -0.1) is 0 Å². The average molecular weight is 157 g/mol. The van der Waals surface area contributed by atoms with Crippen LogP contribution in [0.3, 0.4) is 0 Å². The van der Waals surface area contributed by atoms with Crippen molar-refractivity contribution in [3.05, 3.63) is 0 Å². The third-order valence-corrected chi connectivity index (χ3v) is 1.96. The van der Waals surface area contributed by atoms with Gasteiger partial charge in [-0.25, -0.2) is 0 Å². The third kappa shape index (κ3) is 4.82. The lowest BCUT2D eigenvalue weighted by atomic mass is 10.0. The summed E-state index contributed by atoms with van der Waals surface area (Å²) in [6.07, 6.45) is 5.61. The van der Waals surface area contributed by atoms with Crippen LogP contribution in [0, 0.1) is 5.92 Å². The van der Waals surface area contributed by atoms with E-state index < -0.39 is 0 Å². The molecule has 1 aliphatic carbocycles. The Morgan fingerprint density at radius 3 is 2.18 bits per heavy atom. The molecule has 0 unspecified atom stereocenters. The molecular weight excluding hydrogens is 138 g/mol. The van der Waals surface area contributed by atoms with E-state index in [0.29, 0.717) is 12.3 Å². The van der Waals surface area contributed by atoms with Crippen molar-refractivity contribution in [1.82, 2.24) is 0 Å². The fourth-order valence-electron chi connectivity index (χ4n) is 1.50. The third-order valence-electron chi connectivity index (χ3n) is 1.96. The van der Waals surface area contributed by atoms with Gasteiger partial charge in [0.2, 0.25) is 5.91 Å². The summed E-state index contributed by atoms with van der Waals surface area (Å²) in [6, 6.07) is 0. The van der Waals surface area contributed by atoms with Crippen molar-refractivity contribution in [3.8, 4) is 0 Å². The zero-order chi connectivity index (χ0) is 8.69. The van der Waals surface area contributed by atoms with Gasteiger partial charge < -0.3 is 5.73 Å². The monoisotopic (exact) mass is 157 g/mol. The van der Waals surface area contributed by atoms with Crippen LogP contribution >= 0.6 is 0 Å². The molecule has 11 heavy (non-hydrogen) atoms. The molecular formula is C9H19NO. The van der Waals surface area contributed by atoms with Gasteiger partial charge in [0.25, 0.3) is 0 Å². The van der Waals surface area contributed by atoms with Crippen LogP contribution < -0.4 is 5.73 Å². The molecule has 1 rings (SSSR count). The predicted molar refractivity (Wildman–Crippen MR) is 47.1 cm³/mol. The molecule has 1 aliphatic rings. The maximum Gasteiger partial charge on any atom is 0.217 e. The van der Waals surface area contributed by atoms with Crippen molar-refractivity contribution >= 4 is 5.91 Å². The number of primary amides is 1. The molecule has 0 aliphatic heterocycles. The number of hydrogen-bond donors (Lipinski definition) is 1. The summed E-state index contributed by atoms with van der Waals surface area (Å²) in [4.78, 5) is 10.4. The molecule has 1 amide bonds. The number of amides is 1. The molecule has 2 heteroatoms. The number of carbonyl (C=O) groups is 1. The van der Waals surface area contributed by atoms with Crippen molar-refractivity contribution in [2.24, 2.45) is 11.7 Å². The number of carbonyl (C=O) groups excluding carboxylic acids is 1. The molecule has 2 N–H and O–H groups in total. The topological polar surface area (TPSA) is 43.1 Å². The van der Waals surface area contributed by atoms with Crippen molar-refractivity contribution in [2.45, 2.75) is 46.0 Å². The van der Waals surface area contributed by atoms with E-state index in [0.717, 1.165) is 0 Å². The molecule has 0 spiro atoms. The zero-order valence-corrected chi connectivity index (χ0v) is 7.60. The minimum Gasteiger partial charge on any atom is -0.370 e. The first kappa shape index (κ1) is 10.5. The van der Waals surface area contributed by atoms with Crippen molar-refractivity contribution in [2.75, 3.05) is 0 Å². The highest BCUT2D eigenvalue weighted by molar-refractivity contribution is 5.73. The Morgan fingerprint density at radius 2 is 1.82 bits per heavy atom. The lowest BCUT2D eigenvalue weighted by Gasteiger charge is -2.02. The summed E-state index contributed by atoms with van der Waals surface area (Å²) >= 11 is 0. The minimum absolute atomic E-state index is 0.137. The SMILES string of the molecule is CC.NC(=O)CC1CCCC1. The number of nitrogens with two attached hydrogens (primary N) is 1. The van der Waals surface area contributed by atoms with E-state index in [1.165, 1.54) is 25.7 Å². The lowest BCUT2D eigenvalue weighted by Crippen LogP contribution is -2.14.